The average Bonchev–Trinajstić information content (AvgIpc) is 3.62. The van der Waals surface area contributed by atoms with Gasteiger partial charge in [0.15, 0.2) is 0 Å². The molecule has 3 aromatic rings. The summed E-state index contributed by atoms with van der Waals surface area (Å²) in [5, 5.41) is 9.90. The first-order valence-corrected chi connectivity index (χ1v) is 10.3. The SMILES string of the molecule is CCc1ccc(COc2ccn(-c3ccc(OC[C@@H](O)C4CC4)cc3)c(=O)c2)nc1. The normalized spacial score (nSPS) is 14.3. The summed E-state index contributed by atoms with van der Waals surface area (Å²) in [6, 6.07) is 14.4. The first kappa shape index (κ1) is 20.2. The number of hydrogen-bond donors (Lipinski definition) is 1. The molecular formula is C24H26N2O4. The van der Waals surface area contributed by atoms with Gasteiger partial charge in [-0.15, -0.1) is 0 Å². The van der Waals surface area contributed by atoms with Crippen LogP contribution in [-0.2, 0) is 13.0 Å². The zero-order chi connectivity index (χ0) is 20.9. The van der Waals surface area contributed by atoms with Crippen LogP contribution in [-0.4, -0.2) is 27.4 Å². The lowest BCUT2D eigenvalue weighted by molar-refractivity contribution is 0.0894. The maximum absolute atomic E-state index is 12.5. The predicted octanol–water partition coefficient (Wildman–Crippen LogP) is 3.52. The number of aliphatic hydroxyl groups is 1. The fourth-order valence-corrected chi connectivity index (χ4v) is 3.17. The van der Waals surface area contributed by atoms with Gasteiger partial charge in [0.1, 0.15) is 24.7 Å². The summed E-state index contributed by atoms with van der Waals surface area (Å²) < 4.78 is 12.9. The highest BCUT2D eigenvalue weighted by molar-refractivity contribution is 5.38. The van der Waals surface area contributed by atoms with Gasteiger partial charge in [-0.3, -0.25) is 14.3 Å². The topological polar surface area (TPSA) is 73.6 Å². The number of hydrogen-bond acceptors (Lipinski definition) is 5. The molecule has 156 valence electrons. The summed E-state index contributed by atoms with van der Waals surface area (Å²) in [4.78, 5) is 16.9. The Hall–Kier alpha value is -3.12. The largest absolute Gasteiger partial charge is 0.491 e. The van der Waals surface area contributed by atoms with Crippen molar-refractivity contribution in [1.82, 2.24) is 9.55 Å². The predicted molar refractivity (Wildman–Crippen MR) is 114 cm³/mol. The van der Waals surface area contributed by atoms with Gasteiger partial charge >= 0.3 is 0 Å². The quantitative estimate of drug-likeness (QED) is 0.589. The molecule has 0 unspecified atom stereocenters. The smallest absolute Gasteiger partial charge is 0.258 e. The highest BCUT2D eigenvalue weighted by Crippen LogP contribution is 2.32. The van der Waals surface area contributed by atoms with E-state index in [1.807, 2.05) is 30.5 Å². The summed E-state index contributed by atoms with van der Waals surface area (Å²) in [5.41, 5.74) is 2.55. The van der Waals surface area contributed by atoms with Crippen molar-refractivity contribution in [1.29, 1.82) is 0 Å². The lowest BCUT2D eigenvalue weighted by atomic mass is 10.2. The lowest BCUT2D eigenvalue weighted by Gasteiger charge is -2.12. The Morgan fingerprint density at radius 1 is 1.10 bits per heavy atom. The maximum atomic E-state index is 12.5. The molecule has 1 aromatic carbocycles. The van der Waals surface area contributed by atoms with Crippen molar-refractivity contribution in [2.24, 2.45) is 5.92 Å². The Kier molecular flexibility index (Phi) is 6.14. The van der Waals surface area contributed by atoms with Crippen molar-refractivity contribution in [2.45, 2.75) is 38.9 Å². The minimum absolute atomic E-state index is 0.181. The molecule has 6 heteroatoms. The fraction of sp³-hybridized carbons (Fsp3) is 0.333. The van der Waals surface area contributed by atoms with E-state index < -0.39 is 6.10 Å². The first-order valence-electron chi connectivity index (χ1n) is 10.3. The molecule has 1 fully saturated rings. The maximum Gasteiger partial charge on any atom is 0.258 e. The van der Waals surface area contributed by atoms with Crippen LogP contribution in [0.4, 0.5) is 0 Å². The first-order chi connectivity index (χ1) is 14.6. The fourth-order valence-electron chi connectivity index (χ4n) is 3.17. The number of benzene rings is 1. The van der Waals surface area contributed by atoms with Crippen LogP contribution in [0.15, 0.2) is 65.7 Å². The van der Waals surface area contributed by atoms with Crippen LogP contribution >= 0.6 is 0 Å². The van der Waals surface area contributed by atoms with Crippen LogP contribution in [0.2, 0.25) is 0 Å². The zero-order valence-electron chi connectivity index (χ0n) is 17.0. The van der Waals surface area contributed by atoms with Gasteiger partial charge in [0.25, 0.3) is 5.56 Å². The Bertz CT molecular complexity index is 1020. The molecule has 30 heavy (non-hydrogen) atoms. The van der Waals surface area contributed by atoms with Crippen LogP contribution in [0.5, 0.6) is 11.5 Å². The van der Waals surface area contributed by atoms with Crippen LogP contribution in [0.25, 0.3) is 5.69 Å². The zero-order valence-corrected chi connectivity index (χ0v) is 17.0. The van der Waals surface area contributed by atoms with Gasteiger partial charge in [0, 0.05) is 24.1 Å². The van der Waals surface area contributed by atoms with Crippen molar-refractivity contribution in [2.75, 3.05) is 6.61 Å². The Morgan fingerprint density at radius 2 is 1.90 bits per heavy atom. The summed E-state index contributed by atoms with van der Waals surface area (Å²) in [5.74, 6) is 1.56. The van der Waals surface area contributed by atoms with Crippen molar-refractivity contribution in [3.05, 3.63) is 82.5 Å². The van der Waals surface area contributed by atoms with E-state index in [0.717, 1.165) is 30.6 Å². The number of pyridine rings is 2. The van der Waals surface area contributed by atoms with E-state index in [1.165, 1.54) is 11.6 Å². The number of rotatable bonds is 9. The summed E-state index contributed by atoms with van der Waals surface area (Å²) >= 11 is 0. The molecule has 4 rings (SSSR count). The molecule has 0 bridgehead atoms. The summed E-state index contributed by atoms with van der Waals surface area (Å²) in [6.45, 7) is 2.69. The molecule has 1 aliphatic carbocycles. The van der Waals surface area contributed by atoms with Crippen LogP contribution in [0, 0.1) is 5.92 Å². The standard InChI is InChI=1S/C24H26N2O4/c1-2-17-3-6-19(25-14-17)15-29-22-11-12-26(24(28)13-22)20-7-9-21(10-8-20)30-16-23(27)18-4-5-18/h3,6-14,18,23,27H,2,4-5,15-16H2,1H3/t23-/m1/s1. The van der Waals surface area contributed by atoms with Crippen LogP contribution in [0.3, 0.4) is 0 Å². The average molecular weight is 406 g/mol. The molecule has 0 amide bonds. The second kappa shape index (κ2) is 9.13. The Labute approximate surface area is 175 Å². The van der Waals surface area contributed by atoms with Crippen LogP contribution < -0.4 is 15.0 Å². The lowest BCUT2D eigenvalue weighted by Crippen LogP contribution is -2.19. The van der Waals surface area contributed by atoms with Crippen molar-refractivity contribution < 1.29 is 14.6 Å². The Morgan fingerprint density at radius 3 is 2.53 bits per heavy atom. The minimum atomic E-state index is -0.403. The molecule has 0 spiro atoms. The molecule has 1 saturated carbocycles. The molecule has 0 radical (unpaired) electrons. The number of aliphatic hydroxyl groups excluding tert-OH is 1. The van der Waals surface area contributed by atoms with Crippen molar-refractivity contribution in [3.63, 3.8) is 0 Å². The molecule has 0 aliphatic heterocycles. The number of ether oxygens (including phenoxy) is 2. The van der Waals surface area contributed by atoms with E-state index in [9.17, 15) is 9.90 Å². The van der Waals surface area contributed by atoms with Crippen LogP contribution in [0.1, 0.15) is 31.0 Å². The van der Waals surface area contributed by atoms with E-state index in [4.69, 9.17) is 9.47 Å². The van der Waals surface area contributed by atoms with E-state index in [1.54, 1.807) is 29.0 Å². The molecule has 0 saturated heterocycles. The Balaban J connectivity index is 1.36. The van der Waals surface area contributed by atoms with Gasteiger partial charge < -0.3 is 14.6 Å². The number of aryl methyl sites for hydroxylation is 1. The third kappa shape index (κ3) is 5.07. The third-order valence-corrected chi connectivity index (χ3v) is 5.27. The minimum Gasteiger partial charge on any atom is -0.491 e. The van der Waals surface area contributed by atoms with Gasteiger partial charge in [-0.1, -0.05) is 13.0 Å². The molecule has 1 aliphatic rings. The molecule has 1 atom stereocenters. The molecule has 1 N–H and O–H groups in total. The molecular weight excluding hydrogens is 380 g/mol. The van der Waals surface area contributed by atoms with Crippen molar-refractivity contribution in [3.8, 4) is 17.2 Å². The van der Waals surface area contributed by atoms with Gasteiger partial charge in [-0.2, -0.15) is 0 Å². The van der Waals surface area contributed by atoms with Crippen molar-refractivity contribution >= 4 is 0 Å². The van der Waals surface area contributed by atoms with E-state index in [0.29, 0.717) is 30.6 Å². The summed E-state index contributed by atoms with van der Waals surface area (Å²) in [6.07, 6.45) is 6.23. The second-order valence-corrected chi connectivity index (χ2v) is 7.58. The van der Waals surface area contributed by atoms with E-state index >= 15 is 0 Å². The molecule has 2 heterocycles. The highest BCUT2D eigenvalue weighted by atomic mass is 16.5. The number of nitrogens with zero attached hydrogens (tertiary/aromatic N) is 2. The van der Waals surface area contributed by atoms with E-state index in [2.05, 4.69) is 11.9 Å². The third-order valence-electron chi connectivity index (χ3n) is 5.27. The molecule has 6 nitrogen and oxygen atoms in total. The van der Waals surface area contributed by atoms with Gasteiger partial charge in [0.2, 0.25) is 0 Å². The van der Waals surface area contributed by atoms with Gasteiger partial charge in [0.05, 0.1) is 11.8 Å². The van der Waals surface area contributed by atoms with E-state index in [-0.39, 0.29) is 5.56 Å². The summed E-state index contributed by atoms with van der Waals surface area (Å²) in [7, 11) is 0. The number of aromatic nitrogens is 2. The monoisotopic (exact) mass is 406 g/mol. The molecule has 2 aromatic heterocycles. The second-order valence-electron chi connectivity index (χ2n) is 7.58. The van der Waals surface area contributed by atoms with Gasteiger partial charge in [-0.05, 0) is 67.1 Å². The van der Waals surface area contributed by atoms with Gasteiger partial charge in [-0.25, -0.2) is 0 Å². The highest BCUT2D eigenvalue weighted by Gasteiger charge is 2.29.